The van der Waals surface area contributed by atoms with E-state index in [1.807, 2.05) is 0 Å². The predicted molar refractivity (Wildman–Crippen MR) is 46.9 cm³/mol. The number of hydrogen-bond donors (Lipinski definition) is 0. The van der Waals surface area contributed by atoms with Crippen molar-refractivity contribution in [1.82, 2.24) is 0 Å². The average Bonchev–Trinajstić information content (AvgIpc) is 1.54. The van der Waals surface area contributed by atoms with E-state index in [1.54, 1.807) is 0 Å². The van der Waals surface area contributed by atoms with E-state index in [0.717, 1.165) is 0 Å². The molecule has 0 heterocycles. The van der Waals surface area contributed by atoms with E-state index in [4.69, 9.17) is 46.0 Å². The molecule has 0 aromatic rings. The van der Waals surface area contributed by atoms with E-state index in [-0.39, 0.29) is 35.2 Å². The summed E-state index contributed by atoms with van der Waals surface area (Å²) in [6.07, 6.45) is 0. The molecule has 0 bridgehead atoms. The van der Waals surface area contributed by atoms with Crippen LogP contribution < -0.4 is 0 Å². The van der Waals surface area contributed by atoms with Gasteiger partial charge in [0.2, 0.25) is 0 Å². The van der Waals surface area contributed by atoms with Crippen LogP contribution in [0.4, 0.5) is 0 Å². The summed E-state index contributed by atoms with van der Waals surface area (Å²) in [5, 5.41) is 44.2. The van der Waals surface area contributed by atoms with Crippen molar-refractivity contribution in [2.45, 2.75) is 0 Å². The summed E-state index contributed by atoms with van der Waals surface area (Å²) in [7, 11) is 0. The van der Waals surface area contributed by atoms with Gasteiger partial charge in [0.1, 0.15) is 0 Å². The molecule has 16 heteroatoms. The molecule has 102 valence electrons. The third-order valence-electron chi connectivity index (χ3n) is 0. The van der Waals surface area contributed by atoms with Crippen LogP contribution in [0.25, 0.3) is 18.5 Å². The minimum Gasteiger partial charge on any atom is -0.693 e. The zero-order chi connectivity index (χ0) is 10.7. The van der Waals surface area contributed by atoms with Gasteiger partial charge in [-0.3, -0.25) is 0 Å². The van der Waals surface area contributed by atoms with Crippen LogP contribution in [0.15, 0.2) is 0 Å². The van der Waals surface area contributed by atoms with Crippen molar-refractivity contribution in [3.8, 4) is 0 Å². The maximum absolute atomic E-state index is 8.25. The topological polar surface area (TPSA) is 299 Å². The summed E-state index contributed by atoms with van der Waals surface area (Å²) >= 11 is 0. The van der Waals surface area contributed by atoms with Gasteiger partial charge >= 0.3 is 16.8 Å². The summed E-state index contributed by atoms with van der Waals surface area (Å²) in [5.74, 6) is 0. The number of nitrogens with zero attached hydrogens (tertiary/aromatic N) is 3. The first-order chi connectivity index (χ1) is 5.20. The van der Waals surface area contributed by atoms with E-state index >= 15 is 0 Å². The molecular formula is H6CoN6O9-3. The molecule has 0 aliphatic heterocycles. The molecule has 0 spiro atoms. The Labute approximate surface area is 97.3 Å². The summed E-state index contributed by atoms with van der Waals surface area (Å²) in [6.45, 7) is 0. The Morgan fingerprint density at radius 1 is 0.500 bits per heavy atom. The second kappa shape index (κ2) is 38.2. The van der Waals surface area contributed by atoms with Crippen LogP contribution in [0, 0.1) is 46.0 Å². The van der Waals surface area contributed by atoms with Crippen molar-refractivity contribution in [1.29, 1.82) is 0 Å². The number of hydrogen-bond acceptors (Lipinski definition) is 9. The van der Waals surface area contributed by atoms with Crippen molar-refractivity contribution in [3.05, 3.63) is 64.4 Å². The van der Waals surface area contributed by atoms with Gasteiger partial charge in [0, 0.05) is 0 Å². The molecule has 0 rings (SSSR count). The number of nitrogens with two attached hydrogens (primary N) is 3. The molecule has 0 aliphatic carbocycles. The zero-order valence-corrected chi connectivity index (χ0v) is 8.12. The first-order valence-corrected chi connectivity index (χ1v) is 1.64. The molecule has 0 aromatic heterocycles. The van der Waals surface area contributed by atoms with Crippen LogP contribution in [0.3, 0.4) is 0 Å². The largest absolute Gasteiger partial charge is 3.00 e. The second-order valence-electron chi connectivity index (χ2n) is 0.671. The minimum atomic E-state index is -1.75. The van der Waals surface area contributed by atoms with Gasteiger partial charge in [-0.15, -0.1) is 0 Å². The Hall–Kier alpha value is -2.01. The fraction of sp³-hybridized carbons (Fsp3) is 0. The first-order valence-electron chi connectivity index (χ1n) is 1.64. The second-order valence-corrected chi connectivity index (χ2v) is 0.671. The van der Waals surface area contributed by atoms with Gasteiger partial charge in [0.05, 0.1) is 15.3 Å². The maximum atomic E-state index is 8.25. The molecule has 0 aliphatic rings. The van der Waals surface area contributed by atoms with Gasteiger partial charge in [-0.2, -0.15) is 0 Å². The third kappa shape index (κ3) is 357. The van der Waals surface area contributed by atoms with Crippen LogP contribution in [0.2, 0.25) is 0 Å². The van der Waals surface area contributed by atoms with Gasteiger partial charge in [0.25, 0.3) is 0 Å². The fourth-order valence-electron chi connectivity index (χ4n) is 0. The molecule has 0 aromatic carbocycles. The summed E-state index contributed by atoms with van der Waals surface area (Å²) in [4.78, 5) is 24.8. The van der Waals surface area contributed by atoms with Crippen LogP contribution >= 0.6 is 0 Å². The molecule has 16 heavy (non-hydrogen) atoms. The standard InChI is InChI=1S/Co.3NO3.3H2N/c;3*2-1(3)4;;;/h;;;;3*1H2/q+3;6*-1. The van der Waals surface area contributed by atoms with Crippen LogP contribution in [0.1, 0.15) is 0 Å². The van der Waals surface area contributed by atoms with Crippen LogP contribution in [-0.2, 0) is 16.8 Å². The summed E-state index contributed by atoms with van der Waals surface area (Å²) in [5.41, 5.74) is 0. The summed E-state index contributed by atoms with van der Waals surface area (Å²) < 4.78 is 0. The molecule has 0 amide bonds. The number of rotatable bonds is 0. The van der Waals surface area contributed by atoms with E-state index in [1.165, 1.54) is 0 Å². The van der Waals surface area contributed by atoms with Crippen molar-refractivity contribution in [2.24, 2.45) is 0 Å². The third-order valence-corrected chi connectivity index (χ3v) is 0. The van der Waals surface area contributed by atoms with Crippen LogP contribution in [0.5, 0.6) is 0 Å². The fourth-order valence-corrected chi connectivity index (χ4v) is 0. The average molecular weight is 293 g/mol. The summed E-state index contributed by atoms with van der Waals surface area (Å²) in [6, 6.07) is 0. The normalized spacial score (nSPS) is 4.50. The molecule has 0 fully saturated rings. The van der Waals surface area contributed by atoms with Gasteiger partial charge in [-0.1, -0.05) is 0 Å². The molecule has 6 N–H and O–H groups in total. The van der Waals surface area contributed by atoms with E-state index in [2.05, 4.69) is 0 Å². The Morgan fingerprint density at radius 3 is 0.500 bits per heavy atom. The van der Waals surface area contributed by atoms with E-state index < -0.39 is 15.3 Å². The maximum Gasteiger partial charge on any atom is 3.00 e. The van der Waals surface area contributed by atoms with Crippen molar-refractivity contribution >= 4 is 0 Å². The van der Waals surface area contributed by atoms with E-state index in [9.17, 15) is 0 Å². The minimum absolute atomic E-state index is 0. The Morgan fingerprint density at radius 2 is 0.500 bits per heavy atom. The van der Waals surface area contributed by atoms with E-state index in [0.29, 0.717) is 0 Å². The smallest absolute Gasteiger partial charge is 0.693 e. The van der Waals surface area contributed by atoms with Crippen LogP contribution in [-0.4, -0.2) is 15.3 Å². The molecule has 0 unspecified atom stereocenters. The zero-order valence-electron chi connectivity index (χ0n) is 7.08. The Bertz CT molecular complexity index is 118. The molecule has 0 atom stereocenters. The predicted octanol–water partition coefficient (Wildman–Crippen LogP) is 1.43. The Kier molecular flexibility index (Phi) is 115. The monoisotopic (exact) mass is 293 g/mol. The van der Waals surface area contributed by atoms with Gasteiger partial charge < -0.3 is 64.4 Å². The molecule has 0 saturated heterocycles. The Balaban J connectivity index is -0.0000000135. The van der Waals surface area contributed by atoms with Crippen molar-refractivity contribution < 1.29 is 32.0 Å². The quantitative estimate of drug-likeness (QED) is 0.459. The molecule has 15 nitrogen and oxygen atoms in total. The SMILES string of the molecule is O=[N+]([O-])[O-].O=[N+]([O-])[O-].O=[N+]([O-])[O-].[Co+3].[NH2-].[NH2-].[NH2-]. The molecule has 0 radical (unpaired) electrons. The first kappa shape index (κ1) is 48.3. The van der Waals surface area contributed by atoms with Crippen molar-refractivity contribution in [3.63, 3.8) is 0 Å². The van der Waals surface area contributed by atoms with Gasteiger partial charge in [-0.25, -0.2) is 0 Å². The van der Waals surface area contributed by atoms with Gasteiger partial charge in [0.15, 0.2) is 0 Å². The van der Waals surface area contributed by atoms with Crippen molar-refractivity contribution in [2.75, 3.05) is 0 Å². The molecular weight excluding hydrogens is 287 g/mol. The molecule has 0 saturated carbocycles. The van der Waals surface area contributed by atoms with Gasteiger partial charge in [-0.05, 0) is 0 Å².